The minimum absolute atomic E-state index is 0.562. The second-order valence-corrected chi connectivity index (χ2v) is 5.29. The molecule has 0 fully saturated rings. The Hall–Kier alpha value is -0.770. The lowest BCUT2D eigenvalue weighted by Gasteiger charge is -2.09. The Bertz CT molecular complexity index is 509. The Morgan fingerprint density at radius 2 is 2.00 bits per heavy atom. The van der Waals surface area contributed by atoms with Crippen LogP contribution in [0.4, 0.5) is 11.5 Å². The second kappa shape index (κ2) is 5.25. The largest absolute Gasteiger partial charge is 0.338 e. The number of benzene rings is 1. The highest BCUT2D eigenvalue weighted by molar-refractivity contribution is 9.10. The SMILES string of the molecule is Cc1cnc(Nc2ccc(Cl)cc2Cl)c(Br)c1. The highest BCUT2D eigenvalue weighted by Crippen LogP contribution is 2.30. The summed E-state index contributed by atoms with van der Waals surface area (Å²) in [5.41, 5.74) is 1.86. The average molecular weight is 332 g/mol. The summed E-state index contributed by atoms with van der Waals surface area (Å²) in [7, 11) is 0. The van der Waals surface area contributed by atoms with Crippen molar-refractivity contribution < 1.29 is 0 Å². The maximum atomic E-state index is 6.07. The van der Waals surface area contributed by atoms with Crippen LogP contribution >= 0.6 is 39.1 Å². The molecule has 0 saturated carbocycles. The van der Waals surface area contributed by atoms with Gasteiger partial charge in [-0.2, -0.15) is 0 Å². The van der Waals surface area contributed by atoms with Gasteiger partial charge >= 0.3 is 0 Å². The van der Waals surface area contributed by atoms with E-state index in [1.54, 1.807) is 18.3 Å². The lowest BCUT2D eigenvalue weighted by molar-refractivity contribution is 1.24. The van der Waals surface area contributed by atoms with E-state index in [0.717, 1.165) is 21.5 Å². The van der Waals surface area contributed by atoms with E-state index in [-0.39, 0.29) is 0 Å². The van der Waals surface area contributed by atoms with Crippen LogP contribution in [0.1, 0.15) is 5.56 Å². The smallest absolute Gasteiger partial charge is 0.144 e. The van der Waals surface area contributed by atoms with Gasteiger partial charge in [-0.1, -0.05) is 23.2 Å². The topological polar surface area (TPSA) is 24.9 Å². The van der Waals surface area contributed by atoms with Crippen molar-refractivity contribution in [2.45, 2.75) is 6.92 Å². The van der Waals surface area contributed by atoms with Gasteiger partial charge in [-0.15, -0.1) is 0 Å². The molecule has 0 radical (unpaired) electrons. The summed E-state index contributed by atoms with van der Waals surface area (Å²) < 4.78 is 0.892. The van der Waals surface area contributed by atoms with Gasteiger partial charge in [0, 0.05) is 11.2 Å². The summed E-state index contributed by atoms with van der Waals surface area (Å²) in [5, 5.41) is 4.32. The van der Waals surface area contributed by atoms with Gasteiger partial charge in [-0.25, -0.2) is 4.98 Å². The van der Waals surface area contributed by atoms with Gasteiger partial charge in [-0.05, 0) is 52.7 Å². The number of pyridine rings is 1. The second-order valence-electron chi connectivity index (χ2n) is 3.59. The predicted molar refractivity (Wildman–Crippen MR) is 76.4 cm³/mol. The molecule has 1 heterocycles. The van der Waals surface area contributed by atoms with Crippen LogP contribution in [0.15, 0.2) is 34.9 Å². The van der Waals surface area contributed by atoms with Crippen molar-refractivity contribution in [2.24, 2.45) is 0 Å². The van der Waals surface area contributed by atoms with E-state index in [0.29, 0.717) is 10.0 Å². The fourth-order valence-corrected chi connectivity index (χ4v) is 2.36. The van der Waals surface area contributed by atoms with Crippen molar-refractivity contribution in [2.75, 3.05) is 5.32 Å². The summed E-state index contributed by atoms with van der Waals surface area (Å²) in [4.78, 5) is 4.29. The number of nitrogens with one attached hydrogen (secondary N) is 1. The number of rotatable bonds is 2. The van der Waals surface area contributed by atoms with Gasteiger partial charge in [0.25, 0.3) is 0 Å². The number of halogens is 3. The molecule has 17 heavy (non-hydrogen) atoms. The first-order chi connectivity index (χ1) is 8.06. The van der Waals surface area contributed by atoms with Crippen LogP contribution in [0.25, 0.3) is 0 Å². The molecule has 0 spiro atoms. The monoisotopic (exact) mass is 330 g/mol. The standard InChI is InChI=1S/C12H9BrCl2N2/c1-7-4-9(13)12(16-6-7)17-11-3-2-8(14)5-10(11)15/h2-6H,1H3,(H,16,17). The minimum atomic E-state index is 0.562. The summed E-state index contributed by atoms with van der Waals surface area (Å²) in [6.45, 7) is 1.98. The van der Waals surface area contributed by atoms with E-state index < -0.39 is 0 Å². The molecule has 0 aliphatic carbocycles. The molecule has 2 rings (SSSR count). The van der Waals surface area contributed by atoms with Crippen LogP contribution in [0.2, 0.25) is 10.0 Å². The van der Waals surface area contributed by atoms with Crippen molar-refractivity contribution in [3.8, 4) is 0 Å². The summed E-state index contributed by atoms with van der Waals surface area (Å²) in [6.07, 6.45) is 1.79. The number of hydrogen-bond acceptors (Lipinski definition) is 2. The van der Waals surface area contributed by atoms with Crippen molar-refractivity contribution in [3.63, 3.8) is 0 Å². The number of anilines is 2. The summed E-state index contributed by atoms with van der Waals surface area (Å²) in [5.74, 6) is 0.722. The first kappa shape index (κ1) is 12.7. The Morgan fingerprint density at radius 1 is 1.24 bits per heavy atom. The van der Waals surface area contributed by atoms with Crippen LogP contribution < -0.4 is 5.32 Å². The van der Waals surface area contributed by atoms with Crippen LogP contribution in [-0.4, -0.2) is 4.98 Å². The molecule has 0 atom stereocenters. The molecule has 0 unspecified atom stereocenters. The van der Waals surface area contributed by atoms with E-state index in [1.165, 1.54) is 0 Å². The van der Waals surface area contributed by atoms with Crippen LogP contribution in [0, 0.1) is 6.92 Å². The van der Waals surface area contributed by atoms with Gasteiger partial charge in [0.15, 0.2) is 0 Å². The van der Waals surface area contributed by atoms with Crippen LogP contribution in [0.5, 0.6) is 0 Å². The zero-order valence-corrected chi connectivity index (χ0v) is 12.1. The highest BCUT2D eigenvalue weighted by atomic mass is 79.9. The Labute approximate surface area is 118 Å². The third-order valence-corrected chi connectivity index (χ3v) is 3.31. The van der Waals surface area contributed by atoms with Gasteiger partial charge in [0.05, 0.1) is 15.2 Å². The lowest BCUT2D eigenvalue weighted by Crippen LogP contribution is -1.95. The van der Waals surface area contributed by atoms with E-state index >= 15 is 0 Å². The van der Waals surface area contributed by atoms with E-state index in [9.17, 15) is 0 Å². The van der Waals surface area contributed by atoms with E-state index in [1.807, 2.05) is 19.1 Å². The van der Waals surface area contributed by atoms with Gasteiger partial charge in [0.2, 0.25) is 0 Å². The zero-order chi connectivity index (χ0) is 12.4. The summed E-state index contributed by atoms with van der Waals surface area (Å²) in [6, 6.07) is 7.27. The molecule has 0 aliphatic rings. The van der Waals surface area contributed by atoms with E-state index in [2.05, 4.69) is 26.2 Å². The molecule has 0 bridgehead atoms. The number of hydrogen-bond donors (Lipinski definition) is 1. The molecule has 1 aromatic heterocycles. The molecule has 2 aromatic rings. The van der Waals surface area contributed by atoms with Crippen molar-refractivity contribution in [3.05, 3.63) is 50.5 Å². The maximum Gasteiger partial charge on any atom is 0.144 e. The average Bonchev–Trinajstić information content (AvgIpc) is 2.25. The minimum Gasteiger partial charge on any atom is -0.338 e. The third kappa shape index (κ3) is 3.12. The first-order valence-electron chi connectivity index (χ1n) is 4.90. The maximum absolute atomic E-state index is 6.07. The van der Waals surface area contributed by atoms with Crippen molar-refractivity contribution in [1.29, 1.82) is 0 Å². The zero-order valence-electron chi connectivity index (χ0n) is 8.97. The fraction of sp³-hybridized carbons (Fsp3) is 0.0833. The molecular formula is C12H9BrCl2N2. The van der Waals surface area contributed by atoms with Gasteiger partial charge in [0.1, 0.15) is 5.82 Å². The fourth-order valence-electron chi connectivity index (χ4n) is 1.34. The van der Waals surface area contributed by atoms with Gasteiger partial charge < -0.3 is 5.32 Å². The van der Waals surface area contributed by atoms with Crippen LogP contribution in [0.3, 0.4) is 0 Å². The molecule has 1 aromatic carbocycles. The van der Waals surface area contributed by atoms with Gasteiger partial charge in [-0.3, -0.25) is 0 Å². The Balaban J connectivity index is 2.31. The molecule has 0 amide bonds. The number of aromatic nitrogens is 1. The number of aryl methyl sites for hydroxylation is 1. The summed E-state index contributed by atoms with van der Waals surface area (Å²) >= 11 is 15.4. The molecule has 0 aliphatic heterocycles. The normalized spacial score (nSPS) is 10.4. The molecule has 2 nitrogen and oxygen atoms in total. The third-order valence-electron chi connectivity index (χ3n) is 2.16. The first-order valence-corrected chi connectivity index (χ1v) is 6.45. The van der Waals surface area contributed by atoms with Crippen LogP contribution in [-0.2, 0) is 0 Å². The quantitative estimate of drug-likeness (QED) is 0.817. The van der Waals surface area contributed by atoms with Crippen molar-refractivity contribution in [1.82, 2.24) is 4.98 Å². The molecular weight excluding hydrogens is 323 g/mol. The molecule has 1 N–H and O–H groups in total. The molecule has 5 heteroatoms. The predicted octanol–water partition coefficient (Wildman–Crippen LogP) is 5.20. The van der Waals surface area contributed by atoms with Crippen molar-refractivity contribution >= 4 is 50.6 Å². The molecule has 0 saturated heterocycles. The molecule has 88 valence electrons. The van der Waals surface area contributed by atoms with E-state index in [4.69, 9.17) is 23.2 Å². The Kier molecular flexibility index (Phi) is 3.92. The lowest BCUT2D eigenvalue weighted by atomic mass is 10.3. The Morgan fingerprint density at radius 3 is 2.65 bits per heavy atom. The number of nitrogens with zero attached hydrogens (tertiary/aromatic N) is 1. The highest BCUT2D eigenvalue weighted by Gasteiger charge is 2.05.